The van der Waals surface area contributed by atoms with E-state index in [-0.39, 0.29) is 12.1 Å². The van der Waals surface area contributed by atoms with Gasteiger partial charge in [-0.25, -0.2) is 0 Å². The fourth-order valence-corrected chi connectivity index (χ4v) is 2.54. The average Bonchev–Trinajstić information content (AvgIpc) is 2.36. The maximum atomic E-state index is 5.98. The van der Waals surface area contributed by atoms with Crippen molar-refractivity contribution in [2.75, 3.05) is 26.7 Å². The molecule has 4 nitrogen and oxygen atoms in total. The average molecular weight is 249 g/mol. The van der Waals surface area contributed by atoms with Gasteiger partial charge in [0.25, 0.3) is 0 Å². The summed E-state index contributed by atoms with van der Waals surface area (Å²) in [6.07, 6.45) is 1.97. The van der Waals surface area contributed by atoms with Crippen LogP contribution < -0.4 is 16.2 Å². The van der Waals surface area contributed by atoms with Crippen molar-refractivity contribution in [1.82, 2.24) is 4.90 Å². The predicted octanol–water partition coefficient (Wildman–Crippen LogP) is 0.598. The molecule has 4 heteroatoms. The van der Waals surface area contributed by atoms with Crippen LogP contribution >= 0.6 is 0 Å². The third-order valence-corrected chi connectivity index (χ3v) is 3.47. The Balaban J connectivity index is 1.83. The zero-order valence-electron chi connectivity index (χ0n) is 11.0. The summed E-state index contributed by atoms with van der Waals surface area (Å²) in [6, 6.07) is 8.69. The number of ether oxygens (including phenoxy) is 1. The van der Waals surface area contributed by atoms with Gasteiger partial charge in [0.2, 0.25) is 0 Å². The van der Waals surface area contributed by atoms with Crippen LogP contribution in [0, 0.1) is 0 Å². The molecule has 0 saturated carbocycles. The third kappa shape index (κ3) is 3.70. The van der Waals surface area contributed by atoms with Crippen LogP contribution in [-0.4, -0.2) is 43.7 Å². The lowest BCUT2D eigenvalue weighted by Crippen LogP contribution is -2.52. The van der Waals surface area contributed by atoms with Crippen molar-refractivity contribution in [3.05, 3.63) is 29.8 Å². The monoisotopic (exact) mass is 249 g/mol. The van der Waals surface area contributed by atoms with Gasteiger partial charge in [-0.05, 0) is 30.5 Å². The maximum Gasteiger partial charge on any atom is 0.118 e. The minimum absolute atomic E-state index is 0.226. The number of hydrogen-bond donors (Lipinski definition) is 2. The number of rotatable bonds is 4. The van der Waals surface area contributed by atoms with Crippen molar-refractivity contribution < 1.29 is 4.74 Å². The van der Waals surface area contributed by atoms with Crippen molar-refractivity contribution >= 4 is 0 Å². The number of hydrogen-bond acceptors (Lipinski definition) is 4. The maximum absolute atomic E-state index is 5.98. The van der Waals surface area contributed by atoms with Gasteiger partial charge in [-0.2, -0.15) is 0 Å². The molecule has 0 bridgehead atoms. The van der Waals surface area contributed by atoms with Crippen LogP contribution in [0.4, 0.5) is 0 Å². The molecule has 0 unspecified atom stereocenters. The number of nitrogens with zero attached hydrogens (tertiary/aromatic N) is 1. The zero-order chi connectivity index (χ0) is 13.0. The van der Waals surface area contributed by atoms with Gasteiger partial charge < -0.3 is 16.2 Å². The van der Waals surface area contributed by atoms with Gasteiger partial charge in [-0.15, -0.1) is 0 Å². The lowest BCUT2D eigenvalue weighted by Gasteiger charge is -2.34. The van der Waals surface area contributed by atoms with Gasteiger partial charge in [0.05, 0.1) is 7.11 Å². The Morgan fingerprint density at radius 2 is 1.78 bits per heavy atom. The van der Waals surface area contributed by atoms with E-state index in [0.717, 1.165) is 38.2 Å². The Hall–Kier alpha value is -1.10. The highest BCUT2D eigenvalue weighted by Gasteiger charge is 2.21. The lowest BCUT2D eigenvalue weighted by atomic mass is 10.0. The first kappa shape index (κ1) is 13.3. The molecule has 1 fully saturated rings. The van der Waals surface area contributed by atoms with Crippen molar-refractivity contribution in [3.8, 4) is 5.75 Å². The quantitative estimate of drug-likeness (QED) is 0.820. The zero-order valence-corrected chi connectivity index (χ0v) is 11.0. The van der Waals surface area contributed by atoms with Crippen LogP contribution in [0.5, 0.6) is 5.75 Å². The number of benzene rings is 1. The van der Waals surface area contributed by atoms with Crippen LogP contribution in [0.25, 0.3) is 0 Å². The molecule has 1 aliphatic heterocycles. The predicted molar refractivity (Wildman–Crippen MR) is 73.7 cm³/mol. The van der Waals surface area contributed by atoms with Gasteiger partial charge in [0.1, 0.15) is 5.75 Å². The molecular weight excluding hydrogens is 226 g/mol. The summed E-state index contributed by atoms with van der Waals surface area (Å²) in [4.78, 5) is 2.36. The van der Waals surface area contributed by atoms with Gasteiger partial charge in [0.15, 0.2) is 0 Å². The number of nitrogens with two attached hydrogens (primary N) is 2. The van der Waals surface area contributed by atoms with E-state index < -0.39 is 0 Å². The smallest absolute Gasteiger partial charge is 0.118 e. The number of methoxy groups -OCH3 is 1. The first-order chi connectivity index (χ1) is 8.67. The van der Waals surface area contributed by atoms with Crippen LogP contribution in [0.2, 0.25) is 0 Å². The molecule has 1 aliphatic rings. The van der Waals surface area contributed by atoms with E-state index in [9.17, 15) is 0 Å². The largest absolute Gasteiger partial charge is 0.497 e. The van der Waals surface area contributed by atoms with Crippen molar-refractivity contribution in [2.45, 2.75) is 24.9 Å². The van der Waals surface area contributed by atoms with Crippen molar-refractivity contribution in [3.63, 3.8) is 0 Å². The van der Waals surface area contributed by atoms with E-state index in [1.165, 1.54) is 5.56 Å². The minimum Gasteiger partial charge on any atom is -0.497 e. The SMILES string of the molecule is COc1ccc(CCN2C[C@H](N)C[C@H](N)C2)cc1. The second-order valence-electron chi connectivity index (χ2n) is 5.11. The van der Waals surface area contributed by atoms with Crippen molar-refractivity contribution in [1.29, 1.82) is 0 Å². The molecule has 0 aliphatic carbocycles. The normalized spacial score (nSPS) is 25.1. The second-order valence-corrected chi connectivity index (χ2v) is 5.11. The molecule has 0 aromatic heterocycles. The van der Waals surface area contributed by atoms with Crippen molar-refractivity contribution in [2.24, 2.45) is 11.5 Å². The van der Waals surface area contributed by atoms with Gasteiger partial charge in [0, 0.05) is 31.7 Å². The summed E-state index contributed by atoms with van der Waals surface area (Å²) >= 11 is 0. The minimum atomic E-state index is 0.226. The molecule has 1 heterocycles. The molecule has 100 valence electrons. The molecule has 1 aromatic rings. The fraction of sp³-hybridized carbons (Fsp3) is 0.571. The molecule has 0 spiro atoms. The molecule has 0 radical (unpaired) electrons. The van der Waals surface area contributed by atoms with Gasteiger partial charge in [-0.3, -0.25) is 4.90 Å². The Morgan fingerprint density at radius 3 is 2.33 bits per heavy atom. The summed E-state index contributed by atoms with van der Waals surface area (Å²) in [6.45, 7) is 2.95. The molecule has 4 N–H and O–H groups in total. The Morgan fingerprint density at radius 1 is 1.17 bits per heavy atom. The Labute approximate surface area is 109 Å². The van der Waals surface area contributed by atoms with Crippen LogP contribution in [-0.2, 0) is 6.42 Å². The highest BCUT2D eigenvalue weighted by molar-refractivity contribution is 5.27. The number of likely N-dealkylation sites (tertiary alicyclic amines) is 1. The topological polar surface area (TPSA) is 64.5 Å². The highest BCUT2D eigenvalue weighted by atomic mass is 16.5. The van der Waals surface area contributed by atoms with E-state index in [4.69, 9.17) is 16.2 Å². The molecular formula is C14H23N3O. The molecule has 2 rings (SSSR count). The summed E-state index contributed by atoms with van der Waals surface area (Å²) in [5, 5.41) is 0. The summed E-state index contributed by atoms with van der Waals surface area (Å²) in [5.74, 6) is 0.903. The van der Waals surface area contributed by atoms with E-state index >= 15 is 0 Å². The summed E-state index contributed by atoms with van der Waals surface area (Å²) < 4.78 is 5.15. The third-order valence-electron chi connectivity index (χ3n) is 3.47. The fourth-order valence-electron chi connectivity index (χ4n) is 2.54. The van der Waals surface area contributed by atoms with Crippen LogP contribution in [0.15, 0.2) is 24.3 Å². The second kappa shape index (κ2) is 6.18. The standard InChI is InChI=1S/C14H23N3O/c1-18-14-4-2-11(3-5-14)6-7-17-9-12(15)8-13(16)10-17/h2-5,12-13H,6-10,15-16H2,1H3/t12-,13+. The van der Waals surface area contributed by atoms with E-state index in [1.54, 1.807) is 7.11 Å². The Bertz CT molecular complexity index is 356. The van der Waals surface area contributed by atoms with Gasteiger partial charge in [-0.1, -0.05) is 12.1 Å². The summed E-state index contributed by atoms with van der Waals surface area (Å²) in [7, 11) is 1.69. The van der Waals surface area contributed by atoms with E-state index in [2.05, 4.69) is 17.0 Å². The van der Waals surface area contributed by atoms with Crippen LogP contribution in [0.1, 0.15) is 12.0 Å². The Kier molecular flexibility index (Phi) is 4.58. The number of piperidine rings is 1. The molecule has 1 aromatic carbocycles. The first-order valence-electron chi connectivity index (χ1n) is 6.54. The molecule has 18 heavy (non-hydrogen) atoms. The highest BCUT2D eigenvalue weighted by Crippen LogP contribution is 2.13. The molecule has 1 saturated heterocycles. The lowest BCUT2D eigenvalue weighted by molar-refractivity contribution is 0.192. The van der Waals surface area contributed by atoms with Gasteiger partial charge >= 0.3 is 0 Å². The molecule has 0 amide bonds. The summed E-state index contributed by atoms with van der Waals surface area (Å²) in [5.41, 5.74) is 13.3. The molecule has 2 atom stereocenters. The van der Waals surface area contributed by atoms with Crippen LogP contribution in [0.3, 0.4) is 0 Å². The first-order valence-corrected chi connectivity index (χ1v) is 6.54. The van der Waals surface area contributed by atoms with E-state index in [0.29, 0.717) is 0 Å². The van der Waals surface area contributed by atoms with E-state index in [1.807, 2.05) is 12.1 Å².